The van der Waals surface area contributed by atoms with E-state index in [1.54, 1.807) is 36.9 Å². The number of likely N-dealkylation sites (tertiary alicyclic amines) is 1. The molecule has 2 unspecified atom stereocenters. The Balaban J connectivity index is 0.00000102. The number of amides is 2. The lowest BCUT2D eigenvalue weighted by molar-refractivity contribution is -0.132. The Morgan fingerprint density at radius 3 is 2.27 bits per heavy atom. The smallest absolute Gasteiger partial charge is 0.394 e. The highest BCUT2D eigenvalue weighted by atomic mass is 32.3. The van der Waals surface area contributed by atoms with Crippen molar-refractivity contribution in [3.05, 3.63) is 59.7 Å². The van der Waals surface area contributed by atoms with Crippen LogP contribution in [0.15, 0.2) is 53.4 Å². The van der Waals surface area contributed by atoms with Gasteiger partial charge in [0.2, 0.25) is 5.91 Å². The number of aromatic hydroxyl groups is 1. The molecule has 6 N–H and O–H groups in total. The molecule has 1 heterocycles. The molecule has 0 spiro atoms. The van der Waals surface area contributed by atoms with Crippen LogP contribution in [0.25, 0.3) is 0 Å². The van der Waals surface area contributed by atoms with Crippen LogP contribution in [0, 0.1) is 18.8 Å². The Morgan fingerprint density at radius 2 is 1.64 bits per heavy atom. The number of thioether (sulfide) groups is 1. The van der Waals surface area contributed by atoms with Crippen molar-refractivity contribution < 1.29 is 37.3 Å². The van der Waals surface area contributed by atoms with Crippen LogP contribution in [0.4, 0.5) is 0 Å². The van der Waals surface area contributed by atoms with Crippen molar-refractivity contribution in [1.29, 1.82) is 0 Å². The van der Waals surface area contributed by atoms with E-state index >= 15 is 0 Å². The van der Waals surface area contributed by atoms with Gasteiger partial charge in [0.15, 0.2) is 0 Å². The van der Waals surface area contributed by atoms with E-state index in [4.69, 9.17) is 17.5 Å². The predicted molar refractivity (Wildman–Crippen MR) is 175 cm³/mol. The van der Waals surface area contributed by atoms with Crippen molar-refractivity contribution in [1.82, 2.24) is 15.5 Å². The van der Waals surface area contributed by atoms with Gasteiger partial charge in [0.05, 0.1) is 18.2 Å². The number of nitrogens with one attached hydrogen (secondary N) is 2. The van der Waals surface area contributed by atoms with Gasteiger partial charge in [-0.05, 0) is 76.6 Å². The molecule has 2 aliphatic rings. The van der Waals surface area contributed by atoms with Crippen molar-refractivity contribution in [3.8, 4) is 5.75 Å². The first-order valence-electron chi connectivity index (χ1n) is 15.2. The highest BCUT2D eigenvalue weighted by Gasteiger charge is 2.41. The summed E-state index contributed by atoms with van der Waals surface area (Å²) in [6.07, 6.45) is 4.67. The Kier molecular flexibility index (Phi) is 13.3. The van der Waals surface area contributed by atoms with Crippen molar-refractivity contribution >= 4 is 34.0 Å². The Labute approximate surface area is 270 Å². The zero-order valence-corrected chi connectivity index (χ0v) is 28.0. The Morgan fingerprint density at radius 1 is 1.02 bits per heavy atom. The minimum absolute atomic E-state index is 0.0124. The lowest BCUT2D eigenvalue weighted by atomic mass is 9.72. The molecule has 11 nitrogen and oxygen atoms in total. The molecule has 5 atom stereocenters. The van der Waals surface area contributed by atoms with Crippen LogP contribution < -0.4 is 10.6 Å². The van der Waals surface area contributed by atoms with Gasteiger partial charge in [0.1, 0.15) is 5.75 Å². The maximum atomic E-state index is 13.5. The largest absolute Gasteiger partial charge is 0.508 e. The van der Waals surface area contributed by atoms with E-state index in [0.717, 1.165) is 30.7 Å². The first kappa shape index (κ1) is 36.8. The first-order chi connectivity index (χ1) is 21.0. The van der Waals surface area contributed by atoms with Crippen molar-refractivity contribution in [2.75, 3.05) is 18.8 Å². The fraction of sp³-hybridized carbons (Fsp3) is 0.562. The molecule has 0 aromatic heterocycles. The molecule has 0 radical (unpaired) electrons. The molecule has 1 saturated carbocycles. The zero-order chi connectivity index (χ0) is 33.4. The van der Waals surface area contributed by atoms with Gasteiger partial charge in [0.25, 0.3) is 5.91 Å². The maximum absolute atomic E-state index is 13.5. The second-order valence-electron chi connectivity index (χ2n) is 12.9. The number of hydrogen-bond donors (Lipinski definition) is 6. The summed E-state index contributed by atoms with van der Waals surface area (Å²) in [6.45, 7) is 8.76. The molecule has 1 aliphatic carbocycles. The van der Waals surface area contributed by atoms with Crippen LogP contribution in [0.2, 0.25) is 0 Å². The van der Waals surface area contributed by atoms with E-state index < -0.39 is 22.5 Å². The number of hydrogen-bond acceptors (Lipinski definition) is 8. The average Bonchev–Trinajstić information content (AvgIpc) is 2.95. The second-order valence-corrected chi connectivity index (χ2v) is 14.9. The predicted octanol–water partition coefficient (Wildman–Crippen LogP) is 4.09. The zero-order valence-electron chi connectivity index (χ0n) is 26.3. The molecule has 2 fully saturated rings. The van der Waals surface area contributed by atoms with Crippen molar-refractivity contribution in [2.45, 2.75) is 88.4 Å². The molecule has 2 amide bonds. The van der Waals surface area contributed by atoms with Gasteiger partial charge in [-0.15, -0.1) is 11.8 Å². The number of phenols is 1. The number of β-amino-alcohol motifs (C(OH)–C–C–N with tert-alkyl or cyclic N) is 1. The molecule has 1 saturated heterocycles. The average molecular weight is 666 g/mol. The number of phenolic OH excluding ortho intramolecular Hbond substituents is 1. The molecular weight excluding hydrogens is 618 g/mol. The second kappa shape index (κ2) is 16.2. The topological polar surface area (TPSA) is 176 Å². The summed E-state index contributed by atoms with van der Waals surface area (Å²) < 4.78 is 31.6. The third-order valence-corrected chi connectivity index (χ3v) is 9.36. The van der Waals surface area contributed by atoms with Crippen molar-refractivity contribution in [3.63, 3.8) is 0 Å². The van der Waals surface area contributed by atoms with Crippen LogP contribution in [-0.2, 0) is 15.2 Å². The molecule has 250 valence electrons. The fourth-order valence-electron chi connectivity index (χ4n) is 6.06. The minimum atomic E-state index is -4.67. The monoisotopic (exact) mass is 665 g/mol. The standard InChI is InChI=1S/C32H45N3O4S.H2O4S/c1-21-25(15-10-16-28(21)36)30(38)33-26(20-40-24-13-6-5-7-14-24)29(37)19-35-18-23-12-9-8-11-22(23)17-27(35)31(39)34-32(2,3)4;1-5(2,3)4/h5-7,10,13-16,22-23,26-27,29,36-37H,8-9,11-12,17-20H2,1-4H3,(H,33,38)(H,34,39);(H2,1,2,3,4)/t22-,23+,26?,27-,29?;/m0./s1. The highest BCUT2D eigenvalue weighted by molar-refractivity contribution is 7.99. The molecule has 4 rings (SSSR count). The number of nitrogens with zero attached hydrogens (tertiary/aromatic N) is 1. The molecule has 2 aromatic rings. The highest BCUT2D eigenvalue weighted by Crippen LogP contribution is 2.39. The number of piperidine rings is 1. The third-order valence-electron chi connectivity index (χ3n) is 8.23. The van der Waals surface area contributed by atoms with Gasteiger partial charge in [-0.1, -0.05) is 43.5 Å². The van der Waals surface area contributed by atoms with E-state index in [1.807, 2.05) is 51.1 Å². The van der Waals surface area contributed by atoms with Crippen LogP contribution >= 0.6 is 11.8 Å². The molecule has 0 bridgehead atoms. The summed E-state index contributed by atoms with van der Waals surface area (Å²) in [5.41, 5.74) is 0.543. The quantitative estimate of drug-likeness (QED) is 0.169. The van der Waals surface area contributed by atoms with Crippen LogP contribution in [0.5, 0.6) is 5.75 Å². The number of aliphatic hydroxyl groups excluding tert-OH is 1. The molecular formula is C32H47N3O8S2. The van der Waals surface area contributed by atoms with E-state index in [9.17, 15) is 19.8 Å². The number of fused-ring (bicyclic) bond motifs is 1. The SMILES string of the molecule is Cc1c(O)cccc1C(=O)NC(CSc1ccccc1)C(O)CN1C[C@H]2CCCC[C@H]2C[C@H]1C(=O)NC(C)(C)C.O=S(=O)(O)O. The molecule has 13 heteroatoms. The van der Waals surface area contributed by atoms with Crippen LogP contribution in [0.3, 0.4) is 0 Å². The number of benzene rings is 2. The summed E-state index contributed by atoms with van der Waals surface area (Å²) in [6, 6.07) is 13.9. The first-order valence-corrected chi connectivity index (χ1v) is 17.6. The van der Waals surface area contributed by atoms with Gasteiger partial charge in [0, 0.05) is 40.4 Å². The van der Waals surface area contributed by atoms with Gasteiger partial charge in [-0.3, -0.25) is 23.6 Å². The summed E-state index contributed by atoms with van der Waals surface area (Å²) in [7, 11) is -4.67. The number of carbonyl (C=O) groups excluding carboxylic acids is 2. The van der Waals surface area contributed by atoms with Crippen LogP contribution in [0.1, 0.15) is 68.8 Å². The van der Waals surface area contributed by atoms with Gasteiger partial charge < -0.3 is 20.8 Å². The van der Waals surface area contributed by atoms with Gasteiger partial charge >= 0.3 is 10.4 Å². The van der Waals surface area contributed by atoms with Gasteiger partial charge in [-0.2, -0.15) is 8.42 Å². The lowest BCUT2D eigenvalue weighted by Crippen LogP contribution is -2.60. The number of aliphatic hydroxyl groups is 1. The van der Waals surface area contributed by atoms with E-state index in [1.165, 1.54) is 12.8 Å². The third kappa shape index (κ3) is 12.2. The summed E-state index contributed by atoms with van der Waals surface area (Å²) in [5.74, 6) is 1.27. The lowest BCUT2D eigenvalue weighted by Gasteiger charge is -2.47. The summed E-state index contributed by atoms with van der Waals surface area (Å²) >= 11 is 1.57. The molecule has 1 aliphatic heterocycles. The van der Waals surface area contributed by atoms with Crippen LogP contribution in [-0.4, -0.2) is 87.0 Å². The van der Waals surface area contributed by atoms with Gasteiger partial charge in [-0.25, -0.2) is 0 Å². The van der Waals surface area contributed by atoms with Crippen molar-refractivity contribution in [2.24, 2.45) is 11.8 Å². The number of rotatable bonds is 9. The summed E-state index contributed by atoms with van der Waals surface area (Å²) in [4.78, 5) is 30.0. The molecule has 2 aromatic carbocycles. The Bertz CT molecular complexity index is 1380. The molecule has 45 heavy (non-hydrogen) atoms. The number of carbonyl (C=O) groups is 2. The maximum Gasteiger partial charge on any atom is 0.394 e. The van der Waals surface area contributed by atoms with E-state index in [2.05, 4.69) is 15.5 Å². The summed E-state index contributed by atoms with van der Waals surface area (Å²) in [5, 5.41) is 28.0. The van der Waals surface area contributed by atoms with E-state index in [-0.39, 0.29) is 29.1 Å². The minimum Gasteiger partial charge on any atom is -0.508 e. The Hall–Kier alpha value is -2.68. The fourth-order valence-corrected chi connectivity index (χ4v) is 7.09. The van der Waals surface area contributed by atoms with E-state index in [0.29, 0.717) is 35.3 Å². The normalized spacial score (nSPS) is 21.8.